The van der Waals surface area contributed by atoms with Crippen molar-refractivity contribution >= 4 is 11.6 Å². The number of furan rings is 1. The highest BCUT2D eigenvalue weighted by atomic mass is 16.5. The molecule has 3 aromatic heterocycles. The van der Waals surface area contributed by atoms with Crippen LogP contribution in [0.25, 0.3) is 5.82 Å². The summed E-state index contributed by atoms with van der Waals surface area (Å²) < 4.78 is 12.6. The number of benzene rings is 1. The van der Waals surface area contributed by atoms with E-state index in [4.69, 9.17) is 9.15 Å². The van der Waals surface area contributed by atoms with Crippen molar-refractivity contribution in [1.29, 1.82) is 0 Å². The van der Waals surface area contributed by atoms with Crippen molar-refractivity contribution in [3.05, 3.63) is 78.5 Å². The molecule has 0 saturated carbocycles. The molecule has 140 valence electrons. The van der Waals surface area contributed by atoms with E-state index in [1.165, 1.54) is 18.9 Å². The Morgan fingerprint density at radius 1 is 1.11 bits per heavy atom. The third kappa shape index (κ3) is 3.61. The van der Waals surface area contributed by atoms with Gasteiger partial charge >= 0.3 is 0 Å². The molecule has 4 rings (SSSR count). The molecule has 0 fully saturated rings. The molecule has 0 aliphatic heterocycles. The Hall–Kier alpha value is -3.94. The fourth-order valence-electron chi connectivity index (χ4n) is 2.57. The van der Waals surface area contributed by atoms with Crippen molar-refractivity contribution in [1.82, 2.24) is 19.5 Å². The molecule has 0 aliphatic carbocycles. The molecule has 1 aromatic carbocycles. The number of nitrogens with one attached hydrogen (secondary N) is 1. The van der Waals surface area contributed by atoms with Gasteiger partial charge in [0, 0.05) is 17.4 Å². The number of anilines is 1. The SMILES string of the molecule is Cc1ncn(-c2cc(Oc3ccc(NC(=O)c4ccoc4)cc3)ncn2)c1C. The summed E-state index contributed by atoms with van der Waals surface area (Å²) in [6.07, 6.45) is 6.00. The number of ether oxygens (including phenoxy) is 1. The fourth-order valence-corrected chi connectivity index (χ4v) is 2.57. The smallest absolute Gasteiger partial charge is 0.258 e. The summed E-state index contributed by atoms with van der Waals surface area (Å²) in [4.78, 5) is 24.7. The minimum atomic E-state index is -0.242. The van der Waals surface area contributed by atoms with E-state index in [1.54, 1.807) is 42.7 Å². The molecule has 0 bridgehead atoms. The first-order valence-corrected chi connectivity index (χ1v) is 8.54. The third-order valence-electron chi connectivity index (χ3n) is 4.24. The maximum Gasteiger partial charge on any atom is 0.258 e. The molecule has 0 spiro atoms. The van der Waals surface area contributed by atoms with Gasteiger partial charge in [-0.1, -0.05) is 0 Å². The van der Waals surface area contributed by atoms with E-state index in [0.29, 0.717) is 28.7 Å². The quantitative estimate of drug-likeness (QED) is 0.568. The number of aryl methyl sites for hydroxylation is 1. The van der Waals surface area contributed by atoms with Crippen molar-refractivity contribution in [2.45, 2.75) is 13.8 Å². The predicted molar refractivity (Wildman–Crippen MR) is 102 cm³/mol. The third-order valence-corrected chi connectivity index (χ3v) is 4.24. The molecule has 0 unspecified atom stereocenters. The average molecular weight is 375 g/mol. The molecule has 0 saturated heterocycles. The van der Waals surface area contributed by atoms with Crippen LogP contribution in [0.15, 0.2) is 66.0 Å². The van der Waals surface area contributed by atoms with Gasteiger partial charge in [-0.05, 0) is 44.2 Å². The van der Waals surface area contributed by atoms with Gasteiger partial charge < -0.3 is 14.5 Å². The molecule has 0 radical (unpaired) electrons. The number of aromatic nitrogens is 4. The lowest BCUT2D eigenvalue weighted by molar-refractivity contribution is 0.102. The van der Waals surface area contributed by atoms with Gasteiger partial charge in [0.2, 0.25) is 5.88 Å². The van der Waals surface area contributed by atoms with Crippen LogP contribution < -0.4 is 10.1 Å². The summed E-state index contributed by atoms with van der Waals surface area (Å²) in [5.74, 6) is 1.43. The van der Waals surface area contributed by atoms with Crippen LogP contribution >= 0.6 is 0 Å². The van der Waals surface area contributed by atoms with E-state index in [0.717, 1.165) is 11.4 Å². The van der Waals surface area contributed by atoms with E-state index in [-0.39, 0.29) is 5.91 Å². The Labute approximate surface area is 160 Å². The van der Waals surface area contributed by atoms with Crippen molar-refractivity contribution in [3.8, 4) is 17.4 Å². The number of carbonyl (C=O) groups is 1. The van der Waals surface area contributed by atoms with Crippen LogP contribution in [0, 0.1) is 13.8 Å². The Balaban J connectivity index is 1.47. The second-order valence-electron chi connectivity index (χ2n) is 6.09. The van der Waals surface area contributed by atoms with Crippen molar-refractivity contribution in [3.63, 3.8) is 0 Å². The summed E-state index contributed by atoms with van der Waals surface area (Å²) in [5.41, 5.74) is 3.04. The molecular weight excluding hydrogens is 358 g/mol. The van der Waals surface area contributed by atoms with Crippen LogP contribution in [-0.2, 0) is 0 Å². The minimum Gasteiger partial charge on any atom is -0.472 e. The molecule has 4 aromatic rings. The number of rotatable bonds is 5. The normalized spacial score (nSPS) is 10.6. The van der Waals surface area contributed by atoms with Gasteiger partial charge in [-0.15, -0.1) is 0 Å². The maximum absolute atomic E-state index is 12.0. The zero-order valence-corrected chi connectivity index (χ0v) is 15.3. The van der Waals surface area contributed by atoms with Crippen LogP contribution in [-0.4, -0.2) is 25.4 Å². The highest BCUT2D eigenvalue weighted by Crippen LogP contribution is 2.23. The van der Waals surface area contributed by atoms with Gasteiger partial charge in [0.1, 0.15) is 30.5 Å². The Morgan fingerprint density at radius 3 is 2.61 bits per heavy atom. The first-order chi connectivity index (χ1) is 13.6. The monoisotopic (exact) mass is 375 g/mol. The van der Waals surface area contributed by atoms with Gasteiger partial charge in [-0.3, -0.25) is 9.36 Å². The zero-order chi connectivity index (χ0) is 19.5. The van der Waals surface area contributed by atoms with Gasteiger partial charge in [0.25, 0.3) is 5.91 Å². The Kier molecular flexibility index (Phi) is 4.59. The molecule has 3 heterocycles. The zero-order valence-electron chi connectivity index (χ0n) is 15.3. The number of amides is 1. The maximum atomic E-state index is 12.0. The van der Waals surface area contributed by atoms with Gasteiger partial charge in [-0.2, -0.15) is 0 Å². The van der Waals surface area contributed by atoms with Crippen LogP contribution in [0.4, 0.5) is 5.69 Å². The summed E-state index contributed by atoms with van der Waals surface area (Å²) >= 11 is 0. The van der Waals surface area contributed by atoms with Crippen molar-refractivity contribution < 1.29 is 13.9 Å². The van der Waals surface area contributed by atoms with E-state index in [2.05, 4.69) is 20.3 Å². The van der Waals surface area contributed by atoms with E-state index in [9.17, 15) is 4.79 Å². The van der Waals surface area contributed by atoms with Crippen molar-refractivity contribution in [2.75, 3.05) is 5.32 Å². The molecule has 0 atom stereocenters. The highest BCUT2D eigenvalue weighted by Gasteiger charge is 2.09. The molecule has 8 heteroatoms. The topological polar surface area (TPSA) is 95.1 Å². The first kappa shape index (κ1) is 17.5. The standard InChI is InChI=1S/C20H17N5O3/c1-13-14(2)25(12-23-13)18-9-19(22-11-21-18)28-17-5-3-16(4-6-17)24-20(26)15-7-8-27-10-15/h3-12H,1-2H3,(H,24,26). The molecule has 28 heavy (non-hydrogen) atoms. The van der Waals surface area contributed by atoms with Crippen molar-refractivity contribution in [2.24, 2.45) is 0 Å². The van der Waals surface area contributed by atoms with Crippen LogP contribution in [0.1, 0.15) is 21.7 Å². The lowest BCUT2D eigenvalue weighted by Crippen LogP contribution is -2.10. The number of hydrogen-bond donors (Lipinski definition) is 1. The van der Waals surface area contributed by atoms with Gasteiger partial charge in [0.15, 0.2) is 0 Å². The van der Waals surface area contributed by atoms with Crippen LogP contribution in [0.2, 0.25) is 0 Å². The fraction of sp³-hybridized carbons (Fsp3) is 0.100. The summed E-state index contributed by atoms with van der Waals surface area (Å²) in [5, 5.41) is 2.78. The second kappa shape index (κ2) is 7.36. The predicted octanol–water partition coefficient (Wildman–Crippen LogP) is 3.92. The second-order valence-corrected chi connectivity index (χ2v) is 6.09. The Morgan fingerprint density at radius 2 is 1.93 bits per heavy atom. The minimum absolute atomic E-state index is 0.242. The highest BCUT2D eigenvalue weighted by molar-refractivity contribution is 6.03. The van der Waals surface area contributed by atoms with Crippen LogP contribution in [0.5, 0.6) is 11.6 Å². The number of nitrogens with zero attached hydrogens (tertiary/aromatic N) is 4. The molecular formula is C20H17N5O3. The molecule has 8 nitrogen and oxygen atoms in total. The molecule has 0 aliphatic rings. The van der Waals surface area contributed by atoms with Crippen LogP contribution in [0.3, 0.4) is 0 Å². The van der Waals surface area contributed by atoms with E-state index in [1.807, 2.05) is 18.4 Å². The van der Waals surface area contributed by atoms with E-state index < -0.39 is 0 Å². The summed E-state index contributed by atoms with van der Waals surface area (Å²) in [6, 6.07) is 10.3. The summed E-state index contributed by atoms with van der Waals surface area (Å²) in [6.45, 7) is 3.92. The summed E-state index contributed by atoms with van der Waals surface area (Å²) in [7, 11) is 0. The van der Waals surface area contributed by atoms with Gasteiger partial charge in [-0.25, -0.2) is 15.0 Å². The van der Waals surface area contributed by atoms with Gasteiger partial charge in [0.05, 0.1) is 17.5 Å². The average Bonchev–Trinajstić information content (AvgIpc) is 3.35. The molecule has 1 amide bonds. The lowest BCUT2D eigenvalue weighted by atomic mass is 10.2. The van der Waals surface area contributed by atoms with E-state index >= 15 is 0 Å². The number of carbonyl (C=O) groups excluding carboxylic acids is 1. The largest absolute Gasteiger partial charge is 0.472 e. The number of imidazole rings is 1. The molecule has 1 N–H and O–H groups in total. The number of hydrogen-bond acceptors (Lipinski definition) is 6. The lowest BCUT2D eigenvalue weighted by Gasteiger charge is -2.09. The first-order valence-electron chi connectivity index (χ1n) is 8.54. The Bertz CT molecular complexity index is 1100.